The molecular weight excluding hydrogens is 283 g/mol. The fourth-order valence-corrected chi connectivity index (χ4v) is 2.65. The lowest BCUT2D eigenvalue weighted by Crippen LogP contribution is -2.48. The van der Waals surface area contributed by atoms with Crippen molar-refractivity contribution in [3.05, 3.63) is 48.0 Å². The summed E-state index contributed by atoms with van der Waals surface area (Å²) in [5.41, 5.74) is 1.09. The lowest BCUT2D eigenvalue weighted by Gasteiger charge is -2.29. The Morgan fingerprint density at radius 3 is 2.86 bits per heavy atom. The van der Waals surface area contributed by atoms with E-state index in [-0.39, 0.29) is 17.8 Å². The number of piperidine rings is 1. The lowest BCUT2D eigenvalue weighted by molar-refractivity contribution is 0.0908. The van der Waals surface area contributed by atoms with E-state index in [1.54, 1.807) is 29.1 Å². The van der Waals surface area contributed by atoms with Crippen LogP contribution in [0.5, 0.6) is 0 Å². The van der Waals surface area contributed by atoms with E-state index in [0.717, 1.165) is 25.2 Å². The molecule has 22 heavy (non-hydrogen) atoms. The van der Waals surface area contributed by atoms with Crippen molar-refractivity contribution in [1.29, 1.82) is 0 Å². The van der Waals surface area contributed by atoms with Gasteiger partial charge in [0.1, 0.15) is 5.82 Å². The zero-order valence-corrected chi connectivity index (χ0v) is 12.4. The van der Waals surface area contributed by atoms with Crippen LogP contribution < -0.4 is 10.6 Å². The first-order valence-electron chi connectivity index (χ1n) is 7.46. The van der Waals surface area contributed by atoms with Gasteiger partial charge in [0.05, 0.1) is 5.69 Å². The van der Waals surface area contributed by atoms with Gasteiger partial charge in [0.2, 0.25) is 0 Å². The van der Waals surface area contributed by atoms with Gasteiger partial charge in [-0.15, -0.1) is 0 Å². The van der Waals surface area contributed by atoms with E-state index in [0.29, 0.717) is 11.6 Å². The average molecular weight is 302 g/mol. The molecule has 2 unspecified atom stereocenters. The summed E-state index contributed by atoms with van der Waals surface area (Å²) in [4.78, 5) is 12.3. The molecule has 1 saturated heterocycles. The summed E-state index contributed by atoms with van der Waals surface area (Å²) in [6.07, 6.45) is 2.62. The Balaban J connectivity index is 1.70. The van der Waals surface area contributed by atoms with Crippen molar-refractivity contribution in [2.75, 3.05) is 13.1 Å². The van der Waals surface area contributed by atoms with Gasteiger partial charge in [0, 0.05) is 12.2 Å². The van der Waals surface area contributed by atoms with Gasteiger partial charge in [-0.05, 0) is 55.8 Å². The Morgan fingerprint density at radius 2 is 2.14 bits per heavy atom. The highest BCUT2D eigenvalue weighted by molar-refractivity contribution is 5.92. The Labute approximate surface area is 128 Å². The van der Waals surface area contributed by atoms with Crippen molar-refractivity contribution < 1.29 is 9.18 Å². The van der Waals surface area contributed by atoms with Crippen LogP contribution in [0, 0.1) is 11.7 Å². The Morgan fingerprint density at radius 1 is 1.36 bits per heavy atom. The predicted octanol–water partition coefficient (Wildman–Crippen LogP) is 1.74. The van der Waals surface area contributed by atoms with Crippen molar-refractivity contribution in [3.8, 4) is 5.69 Å². The topological polar surface area (TPSA) is 58.9 Å². The van der Waals surface area contributed by atoms with Gasteiger partial charge in [-0.2, -0.15) is 5.10 Å². The number of nitrogens with zero attached hydrogens (tertiary/aromatic N) is 2. The number of rotatable bonds is 3. The monoisotopic (exact) mass is 302 g/mol. The standard InChI is InChI=1S/C16H19FN4O/c1-11-10-18-8-6-14(11)19-16(22)15-7-9-21(20-15)13-4-2-12(17)3-5-13/h2-5,7,9,11,14,18H,6,8,10H2,1H3,(H,19,22). The summed E-state index contributed by atoms with van der Waals surface area (Å²) in [6, 6.07) is 7.83. The van der Waals surface area contributed by atoms with Crippen molar-refractivity contribution in [1.82, 2.24) is 20.4 Å². The number of aromatic nitrogens is 2. The number of hydrogen-bond acceptors (Lipinski definition) is 3. The highest BCUT2D eigenvalue weighted by Crippen LogP contribution is 2.12. The van der Waals surface area contributed by atoms with Crippen LogP contribution in [-0.4, -0.2) is 34.8 Å². The van der Waals surface area contributed by atoms with Crippen LogP contribution in [-0.2, 0) is 0 Å². The van der Waals surface area contributed by atoms with Crippen LogP contribution in [0.25, 0.3) is 5.69 Å². The molecule has 3 rings (SSSR count). The molecule has 1 aliphatic rings. The van der Waals surface area contributed by atoms with Crippen LogP contribution in [0.2, 0.25) is 0 Å². The predicted molar refractivity (Wildman–Crippen MR) is 81.4 cm³/mol. The largest absolute Gasteiger partial charge is 0.348 e. The summed E-state index contributed by atoms with van der Waals surface area (Å²) in [7, 11) is 0. The van der Waals surface area contributed by atoms with E-state index in [1.165, 1.54) is 12.1 Å². The number of nitrogens with one attached hydrogen (secondary N) is 2. The van der Waals surface area contributed by atoms with Crippen LogP contribution in [0.1, 0.15) is 23.8 Å². The maximum absolute atomic E-state index is 12.9. The number of amides is 1. The molecule has 2 heterocycles. The molecule has 2 aromatic rings. The third-order valence-corrected chi connectivity index (χ3v) is 4.01. The summed E-state index contributed by atoms with van der Waals surface area (Å²) in [6.45, 7) is 3.95. The summed E-state index contributed by atoms with van der Waals surface area (Å²) in [5, 5.41) is 10.6. The Hall–Kier alpha value is -2.21. The van der Waals surface area contributed by atoms with Gasteiger partial charge < -0.3 is 10.6 Å². The molecule has 1 fully saturated rings. The lowest BCUT2D eigenvalue weighted by atomic mass is 9.95. The van der Waals surface area contributed by atoms with Crippen molar-refractivity contribution in [2.24, 2.45) is 5.92 Å². The van der Waals surface area contributed by atoms with E-state index in [2.05, 4.69) is 22.7 Å². The van der Waals surface area contributed by atoms with Crippen LogP contribution in [0.15, 0.2) is 36.5 Å². The minimum atomic E-state index is -0.297. The fourth-order valence-electron chi connectivity index (χ4n) is 2.65. The molecule has 1 aliphatic heterocycles. The first-order chi connectivity index (χ1) is 10.6. The third kappa shape index (κ3) is 3.17. The molecule has 0 saturated carbocycles. The van der Waals surface area contributed by atoms with Crippen LogP contribution in [0.4, 0.5) is 4.39 Å². The molecule has 6 heteroatoms. The van der Waals surface area contributed by atoms with Crippen LogP contribution >= 0.6 is 0 Å². The molecule has 1 amide bonds. The average Bonchev–Trinajstić information content (AvgIpc) is 3.00. The van der Waals surface area contributed by atoms with Gasteiger partial charge in [-0.3, -0.25) is 4.79 Å². The zero-order valence-electron chi connectivity index (χ0n) is 12.4. The van der Waals surface area contributed by atoms with Crippen molar-refractivity contribution >= 4 is 5.91 Å². The fraction of sp³-hybridized carbons (Fsp3) is 0.375. The molecule has 1 aromatic heterocycles. The molecule has 0 spiro atoms. The smallest absolute Gasteiger partial charge is 0.272 e. The maximum atomic E-state index is 12.9. The molecule has 116 valence electrons. The number of hydrogen-bond donors (Lipinski definition) is 2. The molecule has 0 radical (unpaired) electrons. The highest BCUT2D eigenvalue weighted by atomic mass is 19.1. The van der Waals surface area contributed by atoms with Crippen molar-refractivity contribution in [2.45, 2.75) is 19.4 Å². The molecular formula is C16H19FN4O. The first kappa shape index (κ1) is 14.7. The minimum absolute atomic E-state index is 0.167. The van der Waals surface area contributed by atoms with Crippen LogP contribution in [0.3, 0.4) is 0 Å². The first-order valence-corrected chi connectivity index (χ1v) is 7.46. The van der Waals surface area contributed by atoms with Gasteiger partial charge in [-0.25, -0.2) is 9.07 Å². The third-order valence-electron chi connectivity index (χ3n) is 4.01. The van der Waals surface area contributed by atoms with Gasteiger partial charge >= 0.3 is 0 Å². The highest BCUT2D eigenvalue weighted by Gasteiger charge is 2.23. The van der Waals surface area contributed by atoms with Crippen molar-refractivity contribution in [3.63, 3.8) is 0 Å². The van der Waals surface area contributed by atoms with Gasteiger partial charge in [0.15, 0.2) is 5.69 Å². The quantitative estimate of drug-likeness (QED) is 0.908. The van der Waals surface area contributed by atoms with E-state index in [4.69, 9.17) is 0 Å². The number of carbonyl (C=O) groups is 1. The number of benzene rings is 1. The van der Waals surface area contributed by atoms with Gasteiger partial charge in [0.25, 0.3) is 5.91 Å². The summed E-state index contributed by atoms with van der Waals surface area (Å²) < 4.78 is 14.5. The summed E-state index contributed by atoms with van der Waals surface area (Å²) >= 11 is 0. The summed E-state index contributed by atoms with van der Waals surface area (Å²) in [5.74, 6) is -0.0646. The SMILES string of the molecule is CC1CNCCC1NC(=O)c1ccn(-c2ccc(F)cc2)n1. The second-order valence-corrected chi connectivity index (χ2v) is 5.67. The Bertz CT molecular complexity index is 652. The molecule has 2 N–H and O–H groups in total. The minimum Gasteiger partial charge on any atom is -0.348 e. The second kappa shape index (κ2) is 6.27. The Kier molecular flexibility index (Phi) is 4.20. The van der Waals surface area contributed by atoms with Gasteiger partial charge in [-0.1, -0.05) is 6.92 Å². The normalized spacial score (nSPS) is 21.5. The molecule has 1 aromatic carbocycles. The van der Waals surface area contributed by atoms with E-state index in [9.17, 15) is 9.18 Å². The maximum Gasteiger partial charge on any atom is 0.272 e. The number of halogens is 1. The molecule has 0 bridgehead atoms. The molecule has 5 nitrogen and oxygen atoms in total. The number of carbonyl (C=O) groups excluding carboxylic acids is 1. The van der Waals surface area contributed by atoms with E-state index >= 15 is 0 Å². The molecule has 0 aliphatic carbocycles. The zero-order chi connectivity index (χ0) is 15.5. The molecule has 2 atom stereocenters. The van der Waals surface area contributed by atoms with E-state index in [1.807, 2.05) is 0 Å². The van der Waals surface area contributed by atoms with E-state index < -0.39 is 0 Å². The second-order valence-electron chi connectivity index (χ2n) is 5.67.